The molecule has 1 N–H and O–H groups in total. The van der Waals surface area contributed by atoms with Gasteiger partial charge in [0.2, 0.25) is 0 Å². The minimum absolute atomic E-state index is 0.0904. The van der Waals surface area contributed by atoms with Gasteiger partial charge in [0, 0.05) is 5.57 Å². The fourth-order valence-electron chi connectivity index (χ4n) is 1.56. The number of hydrogen-bond donors (Lipinski definition) is 1. The molecule has 2 rings (SSSR count). The minimum atomic E-state index is -0.499. The summed E-state index contributed by atoms with van der Waals surface area (Å²) in [7, 11) is 0. The van der Waals surface area contributed by atoms with Crippen LogP contribution in [0.15, 0.2) is 48.6 Å². The van der Waals surface area contributed by atoms with Crippen molar-refractivity contribution in [2.24, 2.45) is 0 Å². The number of phenols is 1. The van der Waals surface area contributed by atoms with Gasteiger partial charge in [-0.25, -0.2) is 4.79 Å². The van der Waals surface area contributed by atoms with E-state index < -0.39 is 5.97 Å². The number of aromatic hydroxyl groups is 1. The Morgan fingerprint density at radius 1 is 1.24 bits per heavy atom. The Morgan fingerprint density at radius 3 is 2.53 bits per heavy atom. The van der Waals surface area contributed by atoms with Crippen LogP contribution in [0, 0.1) is 0 Å². The molecule has 0 aliphatic rings. The second-order valence-corrected chi connectivity index (χ2v) is 3.80. The van der Waals surface area contributed by atoms with Crippen molar-refractivity contribution in [3.05, 3.63) is 48.6 Å². The number of rotatable bonds is 2. The zero-order valence-corrected chi connectivity index (χ0v) is 9.43. The molecule has 3 nitrogen and oxygen atoms in total. The largest absolute Gasteiger partial charge is 0.507 e. The molecule has 0 heterocycles. The molecule has 0 bridgehead atoms. The molecule has 0 radical (unpaired) electrons. The van der Waals surface area contributed by atoms with E-state index in [0.29, 0.717) is 16.7 Å². The standard InChI is InChI=1S/C14H12O3/c1-9(2)14(16)17-12-8-4-6-10-5-3-7-11(15)13(10)12/h3-8,15H,1H2,2H3. The fraction of sp³-hybridized carbons (Fsp3) is 0.0714. The molecule has 17 heavy (non-hydrogen) atoms. The van der Waals surface area contributed by atoms with Crippen LogP contribution >= 0.6 is 0 Å². The average molecular weight is 228 g/mol. The van der Waals surface area contributed by atoms with Gasteiger partial charge in [-0.1, -0.05) is 30.8 Å². The van der Waals surface area contributed by atoms with Gasteiger partial charge in [0.05, 0.1) is 5.39 Å². The number of fused-ring (bicyclic) bond motifs is 1. The first kappa shape index (κ1) is 11.2. The molecular formula is C14H12O3. The van der Waals surface area contributed by atoms with Gasteiger partial charge in [0.25, 0.3) is 0 Å². The van der Waals surface area contributed by atoms with Crippen molar-refractivity contribution in [2.45, 2.75) is 6.92 Å². The quantitative estimate of drug-likeness (QED) is 0.488. The number of phenolic OH excluding ortho intramolecular Hbond substituents is 1. The van der Waals surface area contributed by atoms with Gasteiger partial charge in [0.15, 0.2) is 0 Å². The predicted molar refractivity (Wildman–Crippen MR) is 66.1 cm³/mol. The summed E-state index contributed by atoms with van der Waals surface area (Å²) in [5.41, 5.74) is 0.317. The lowest BCUT2D eigenvalue weighted by Gasteiger charge is -2.08. The van der Waals surface area contributed by atoms with Crippen molar-refractivity contribution in [1.82, 2.24) is 0 Å². The molecule has 0 unspecified atom stereocenters. The zero-order valence-electron chi connectivity index (χ0n) is 9.43. The van der Waals surface area contributed by atoms with E-state index in [2.05, 4.69) is 6.58 Å². The van der Waals surface area contributed by atoms with E-state index >= 15 is 0 Å². The number of ether oxygens (including phenoxy) is 1. The number of hydrogen-bond acceptors (Lipinski definition) is 3. The topological polar surface area (TPSA) is 46.5 Å². The van der Waals surface area contributed by atoms with E-state index in [4.69, 9.17) is 4.74 Å². The fourth-order valence-corrected chi connectivity index (χ4v) is 1.56. The van der Waals surface area contributed by atoms with E-state index in [9.17, 15) is 9.90 Å². The van der Waals surface area contributed by atoms with E-state index in [1.807, 2.05) is 12.1 Å². The normalized spacial score (nSPS) is 10.2. The SMILES string of the molecule is C=C(C)C(=O)Oc1cccc2cccc(O)c12. The van der Waals surface area contributed by atoms with Gasteiger partial charge in [-0.15, -0.1) is 0 Å². The minimum Gasteiger partial charge on any atom is -0.507 e. The number of benzene rings is 2. The third-order valence-electron chi connectivity index (χ3n) is 2.40. The highest BCUT2D eigenvalue weighted by molar-refractivity contribution is 5.97. The lowest BCUT2D eigenvalue weighted by molar-refractivity contribution is -0.129. The summed E-state index contributed by atoms with van der Waals surface area (Å²) in [4.78, 5) is 11.5. The van der Waals surface area contributed by atoms with Crippen molar-refractivity contribution < 1.29 is 14.6 Å². The van der Waals surface area contributed by atoms with Crippen LogP contribution in [-0.4, -0.2) is 11.1 Å². The third-order valence-corrected chi connectivity index (χ3v) is 2.40. The van der Waals surface area contributed by atoms with Crippen molar-refractivity contribution >= 4 is 16.7 Å². The molecule has 0 spiro atoms. The van der Waals surface area contributed by atoms with Crippen LogP contribution in [0.4, 0.5) is 0 Å². The summed E-state index contributed by atoms with van der Waals surface area (Å²) in [5, 5.41) is 11.1. The van der Waals surface area contributed by atoms with Crippen LogP contribution in [0.25, 0.3) is 10.8 Å². The van der Waals surface area contributed by atoms with Gasteiger partial charge >= 0.3 is 5.97 Å². The molecule has 0 amide bonds. The highest BCUT2D eigenvalue weighted by Crippen LogP contribution is 2.33. The van der Waals surface area contributed by atoms with Crippen LogP contribution in [0.5, 0.6) is 11.5 Å². The molecule has 86 valence electrons. The van der Waals surface area contributed by atoms with Crippen LogP contribution in [-0.2, 0) is 4.79 Å². The van der Waals surface area contributed by atoms with Crippen LogP contribution in [0.3, 0.4) is 0 Å². The molecule has 0 aliphatic heterocycles. The molecule has 0 saturated heterocycles. The lowest BCUT2D eigenvalue weighted by Crippen LogP contribution is -2.08. The molecule has 0 atom stereocenters. The second-order valence-electron chi connectivity index (χ2n) is 3.80. The highest BCUT2D eigenvalue weighted by Gasteiger charge is 2.11. The highest BCUT2D eigenvalue weighted by atomic mass is 16.5. The molecule has 0 aliphatic carbocycles. The first-order valence-electron chi connectivity index (χ1n) is 5.18. The first-order valence-corrected chi connectivity index (χ1v) is 5.18. The summed E-state index contributed by atoms with van der Waals surface area (Å²) in [6.07, 6.45) is 0. The number of carbonyl (C=O) groups is 1. The molecular weight excluding hydrogens is 216 g/mol. The number of esters is 1. The van der Waals surface area contributed by atoms with Crippen LogP contribution in [0.1, 0.15) is 6.92 Å². The average Bonchev–Trinajstić information content (AvgIpc) is 2.29. The van der Waals surface area contributed by atoms with Crippen LogP contribution < -0.4 is 4.74 Å². The van der Waals surface area contributed by atoms with Gasteiger partial charge in [-0.05, 0) is 24.4 Å². The van der Waals surface area contributed by atoms with Crippen LogP contribution in [0.2, 0.25) is 0 Å². The Balaban J connectivity index is 2.54. The predicted octanol–water partition coefficient (Wildman–Crippen LogP) is 3.03. The van der Waals surface area contributed by atoms with Gasteiger partial charge in [0.1, 0.15) is 11.5 Å². The molecule has 0 saturated carbocycles. The summed E-state index contributed by atoms with van der Waals surface area (Å²) < 4.78 is 5.17. The van der Waals surface area contributed by atoms with Crippen molar-refractivity contribution in [1.29, 1.82) is 0 Å². The Labute approximate surface area is 99.0 Å². The molecule has 3 heteroatoms. The van der Waals surface area contributed by atoms with Crippen molar-refractivity contribution in [3.8, 4) is 11.5 Å². The van der Waals surface area contributed by atoms with Gasteiger partial charge in [-0.2, -0.15) is 0 Å². The first-order chi connectivity index (χ1) is 8.09. The Hall–Kier alpha value is -2.29. The van der Waals surface area contributed by atoms with E-state index in [1.165, 1.54) is 0 Å². The second kappa shape index (κ2) is 4.29. The van der Waals surface area contributed by atoms with Gasteiger partial charge in [-0.3, -0.25) is 0 Å². The summed E-state index contributed by atoms with van der Waals surface area (Å²) in [5.74, 6) is -0.0676. The summed E-state index contributed by atoms with van der Waals surface area (Å²) in [6, 6.07) is 10.4. The van der Waals surface area contributed by atoms with E-state index in [1.54, 1.807) is 31.2 Å². The zero-order chi connectivity index (χ0) is 12.4. The van der Waals surface area contributed by atoms with Crippen molar-refractivity contribution in [2.75, 3.05) is 0 Å². The van der Waals surface area contributed by atoms with Gasteiger partial charge < -0.3 is 9.84 Å². The maximum Gasteiger partial charge on any atom is 0.338 e. The summed E-state index contributed by atoms with van der Waals surface area (Å²) >= 11 is 0. The number of carbonyl (C=O) groups excluding carboxylic acids is 1. The monoisotopic (exact) mass is 228 g/mol. The summed E-state index contributed by atoms with van der Waals surface area (Å²) in [6.45, 7) is 5.09. The Morgan fingerprint density at radius 2 is 1.88 bits per heavy atom. The maximum absolute atomic E-state index is 11.5. The molecule has 2 aromatic rings. The smallest absolute Gasteiger partial charge is 0.338 e. The Kier molecular flexibility index (Phi) is 2.83. The maximum atomic E-state index is 11.5. The molecule has 0 fully saturated rings. The van der Waals surface area contributed by atoms with E-state index in [0.717, 1.165) is 5.39 Å². The third kappa shape index (κ3) is 2.13. The van der Waals surface area contributed by atoms with Crippen molar-refractivity contribution in [3.63, 3.8) is 0 Å². The lowest BCUT2D eigenvalue weighted by atomic mass is 10.1. The Bertz CT molecular complexity index is 594. The molecule has 2 aromatic carbocycles. The van der Waals surface area contributed by atoms with E-state index in [-0.39, 0.29) is 5.75 Å². The molecule has 0 aromatic heterocycles.